The molecule has 0 radical (unpaired) electrons. The van der Waals surface area contributed by atoms with Crippen LogP contribution in [0, 0.1) is 11.8 Å². The average Bonchev–Trinajstić information content (AvgIpc) is 2.65. The average molecular weight is 297 g/mol. The van der Waals surface area contributed by atoms with Crippen LogP contribution in [-0.4, -0.2) is 40.9 Å². The molecule has 0 aromatic rings. The van der Waals surface area contributed by atoms with Gasteiger partial charge < -0.3 is 15.2 Å². The number of carbonyl (C=O) groups excluding carboxylic acids is 2. The fourth-order valence-corrected chi connectivity index (χ4v) is 3.99. The summed E-state index contributed by atoms with van der Waals surface area (Å²) in [6.45, 7) is 0.948. The second-order valence-electron chi connectivity index (χ2n) is 6.29. The minimum Gasteiger partial charge on any atom is -0.453 e. The van der Waals surface area contributed by atoms with Gasteiger partial charge in [0.25, 0.3) is 0 Å². The van der Waals surface area contributed by atoms with Gasteiger partial charge in [0.15, 0.2) is 5.60 Å². The number of hydrogen-bond donors (Lipinski definition) is 2. The first-order chi connectivity index (χ1) is 9.97. The number of carbonyl (C=O) groups is 2. The number of hydrogen-bond acceptors (Lipinski definition) is 4. The molecule has 1 aliphatic carbocycles. The first-order valence-electron chi connectivity index (χ1n) is 7.43. The minimum absolute atomic E-state index is 0.00934. The smallest absolute Gasteiger partial charge is 0.339 e. The molecule has 0 aromatic carbocycles. The molecule has 2 N–H and O–H groups in total. The fraction of sp³-hybridized carbons (Fsp3) is 0.733. The van der Waals surface area contributed by atoms with E-state index >= 15 is 0 Å². The highest BCUT2D eigenvalue weighted by molar-refractivity contribution is 6.01. The van der Waals surface area contributed by atoms with Gasteiger partial charge in [-0.15, -0.1) is 0 Å². The first-order valence-corrected chi connectivity index (χ1v) is 7.43. The van der Waals surface area contributed by atoms with Gasteiger partial charge >= 0.3 is 5.97 Å². The SMILES string of the molecule is C[C@@]12OC(=O)[C@]1(C(O)[C@@H]1C=CCCC1)NC(=O)[C@@H]2CCF. The summed E-state index contributed by atoms with van der Waals surface area (Å²) in [5.74, 6) is -1.98. The van der Waals surface area contributed by atoms with E-state index in [1.807, 2.05) is 12.2 Å². The van der Waals surface area contributed by atoms with Crippen molar-refractivity contribution in [3.63, 3.8) is 0 Å². The Morgan fingerprint density at radius 1 is 1.57 bits per heavy atom. The lowest BCUT2D eigenvalue weighted by molar-refractivity contribution is -0.238. The van der Waals surface area contributed by atoms with Crippen LogP contribution in [0.15, 0.2) is 12.2 Å². The Morgan fingerprint density at radius 3 is 2.90 bits per heavy atom. The molecule has 0 bridgehead atoms. The number of esters is 1. The lowest BCUT2D eigenvalue weighted by Gasteiger charge is -2.54. The standard InChI is InChI=1S/C15H20FNO4/c1-14-10(7-8-16)12(19)17-15(14,13(20)21-14)11(18)9-5-3-2-4-6-9/h3,5,9-11,18H,2,4,6-8H2,1H3,(H,17,19)/t9-,10+,11?,14+,15+/m1/s1. The third-order valence-electron chi connectivity index (χ3n) is 5.25. The minimum atomic E-state index is -1.43. The summed E-state index contributed by atoms with van der Waals surface area (Å²) in [5, 5.41) is 13.4. The Labute approximate surface area is 122 Å². The van der Waals surface area contributed by atoms with E-state index in [-0.39, 0.29) is 12.3 Å². The number of alkyl halides is 1. The van der Waals surface area contributed by atoms with Gasteiger partial charge in [0.2, 0.25) is 11.4 Å². The van der Waals surface area contributed by atoms with Gasteiger partial charge in [0, 0.05) is 5.92 Å². The zero-order valence-corrected chi connectivity index (χ0v) is 12.0. The van der Waals surface area contributed by atoms with E-state index in [0.29, 0.717) is 0 Å². The Morgan fingerprint density at radius 2 is 2.33 bits per heavy atom. The maximum absolute atomic E-state index is 12.7. The first kappa shape index (κ1) is 14.5. The Bertz CT molecular complexity index is 508. The number of allylic oxidation sites excluding steroid dienone is 1. The van der Waals surface area contributed by atoms with E-state index in [1.54, 1.807) is 6.92 Å². The molecule has 6 heteroatoms. The van der Waals surface area contributed by atoms with E-state index < -0.39 is 41.7 Å². The van der Waals surface area contributed by atoms with Crippen molar-refractivity contribution < 1.29 is 23.8 Å². The van der Waals surface area contributed by atoms with Crippen LogP contribution in [0.1, 0.15) is 32.6 Å². The second-order valence-corrected chi connectivity index (χ2v) is 6.29. The summed E-state index contributed by atoms with van der Waals surface area (Å²) >= 11 is 0. The van der Waals surface area contributed by atoms with Gasteiger partial charge in [-0.1, -0.05) is 12.2 Å². The summed E-state index contributed by atoms with van der Waals surface area (Å²) in [7, 11) is 0. The third kappa shape index (κ3) is 1.71. The lowest BCUT2D eigenvalue weighted by atomic mass is 9.64. The number of halogens is 1. The summed E-state index contributed by atoms with van der Waals surface area (Å²) in [6, 6.07) is 0. The molecular weight excluding hydrogens is 277 g/mol. The maximum atomic E-state index is 12.7. The third-order valence-corrected chi connectivity index (χ3v) is 5.25. The molecule has 2 heterocycles. The molecule has 5 nitrogen and oxygen atoms in total. The number of aliphatic hydroxyl groups excluding tert-OH is 1. The van der Waals surface area contributed by atoms with Gasteiger partial charge in [-0.05, 0) is 32.6 Å². The van der Waals surface area contributed by atoms with Crippen LogP contribution in [0.3, 0.4) is 0 Å². The molecule has 0 aromatic heterocycles. The number of rotatable bonds is 4. The molecule has 3 rings (SSSR count). The molecule has 21 heavy (non-hydrogen) atoms. The summed E-state index contributed by atoms with van der Waals surface area (Å²) in [6.07, 6.45) is 5.46. The summed E-state index contributed by atoms with van der Waals surface area (Å²) < 4.78 is 17.9. The van der Waals surface area contributed by atoms with E-state index in [0.717, 1.165) is 19.3 Å². The molecular formula is C15H20FNO4. The molecule has 116 valence electrons. The normalized spacial score (nSPS) is 42.8. The highest BCUT2D eigenvalue weighted by Gasteiger charge is 2.79. The lowest BCUT2D eigenvalue weighted by Crippen LogP contribution is -2.80. The van der Waals surface area contributed by atoms with Gasteiger partial charge in [-0.25, -0.2) is 4.79 Å². The van der Waals surface area contributed by atoms with Crippen molar-refractivity contribution in [2.24, 2.45) is 11.8 Å². The Hall–Kier alpha value is -1.43. The molecule has 2 aliphatic heterocycles. The van der Waals surface area contributed by atoms with Crippen molar-refractivity contribution in [1.29, 1.82) is 0 Å². The number of nitrogens with one attached hydrogen (secondary N) is 1. The van der Waals surface area contributed by atoms with Crippen molar-refractivity contribution in [2.75, 3.05) is 6.67 Å². The molecule has 2 saturated heterocycles. The van der Waals surface area contributed by atoms with Crippen molar-refractivity contribution >= 4 is 11.9 Å². The van der Waals surface area contributed by atoms with Crippen LogP contribution in [0.5, 0.6) is 0 Å². The topological polar surface area (TPSA) is 75.6 Å². The summed E-state index contributed by atoms with van der Waals surface area (Å²) in [5.41, 5.74) is -2.60. The number of fused-ring (bicyclic) bond motifs is 1. The van der Waals surface area contributed by atoms with Gasteiger partial charge in [-0.2, -0.15) is 0 Å². The highest BCUT2D eigenvalue weighted by Crippen LogP contribution is 2.53. The molecule has 0 spiro atoms. The fourth-order valence-electron chi connectivity index (χ4n) is 3.99. The predicted molar refractivity (Wildman–Crippen MR) is 71.9 cm³/mol. The van der Waals surface area contributed by atoms with Gasteiger partial charge in [-0.3, -0.25) is 9.18 Å². The van der Waals surface area contributed by atoms with Crippen LogP contribution in [0.4, 0.5) is 4.39 Å². The highest BCUT2D eigenvalue weighted by atomic mass is 19.1. The van der Waals surface area contributed by atoms with E-state index in [1.165, 1.54) is 0 Å². The molecule has 5 atom stereocenters. The summed E-state index contributed by atoms with van der Waals surface area (Å²) in [4.78, 5) is 24.2. The maximum Gasteiger partial charge on any atom is 0.339 e. The van der Waals surface area contributed by atoms with Crippen molar-refractivity contribution in [3.8, 4) is 0 Å². The molecule has 3 aliphatic rings. The van der Waals surface area contributed by atoms with Crippen LogP contribution >= 0.6 is 0 Å². The van der Waals surface area contributed by atoms with Crippen molar-refractivity contribution in [2.45, 2.75) is 49.9 Å². The van der Waals surface area contributed by atoms with Crippen molar-refractivity contribution in [3.05, 3.63) is 12.2 Å². The molecule has 1 amide bonds. The van der Waals surface area contributed by atoms with E-state index in [2.05, 4.69) is 5.32 Å². The van der Waals surface area contributed by atoms with Gasteiger partial charge in [0.05, 0.1) is 18.7 Å². The Kier molecular flexibility index (Phi) is 3.31. The van der Waals surface area contributed by atoms with Crippen LogP contribution in [0.25, 0.3) is 0 Å². The van der Waals surface area contributed by atoms with Crippen LogP contribution in [0.2, 0.25) is 0 Å². The quantitative estimate of drug-likeness (QED) is 0.596. The largest absolute Gasteiger partial charge is 0.453 e. The molecule has 2 fully saturated rings. The predicted octanol–water partition coefficient (Wildman–Crippen LogP) is 0.863. The van der Waals surface area contributed by atoms with E-state index in [4.69, 9.17) is 4.74 Å². The molecule has 1 unspecified atom stereocenters. The van der Waals surface area contributed by atoms with E-state index in [9.17, 15) is 19.1 Å². The zero-order valence-electron chi connectivity index (χ0n) is 12.0. The van der Waals surface area contributed by atoms with Crippen LogP contribution in [-0.2, 0) is 14.3 Å². The van der Waals surface area contributed by atoms with Crippen molar-refractivity contribution in [1.82, 2.24) is 5.32 Å². The van der Waals surface area contributed by atoms with Gasteiger partial charge in [0.1, 0.15) is 0 Å². The number of amides is 1. The Balaban J connectivity index is 1.94. The number of ether oxygens (including phenoxy) is 1. The van der Waals surface area contributed by atoms with Crippen LogP contribution < -0.4 is 5.32 Å². The zero-order chi connectivity index (χ0) is 15.3. The monoisotopic (exact) mass is 297 g/mol. The molecule has 0 saturated carbocycles. The second kappa shape index (κ2) is 4.80. The number of aliphatic hydroxyl groups is 1.